The van der Waals surface area contributed by atoms with Gasteiger partial charge in [-0.15, -0.1) is 0 Å². The van der Waals surface area contributed by atoms with Crippen LogP contribution >= 0.6 is 0 Å². The van der Waals surface area contributed by atoms with Gasteiger partial charge in [0, 0.05) is 13.6 Å². The van der Waals surface area contributed by atoms with Crippen molar-refractivity contribution in [3.63, 3.8) is 0 Å². The van der Waals surface area contributed by atoms with Gasteiger partial charge >= 0.3 is 5.97 Å². The monoisotopic (exact) mass is 267 g/mol. The van der Waals surface area contributed by atoms with Crippen LogP contribution in [-0.4, -0.2) is 24.7 Å². The number of unbranched alkanes of at least 4 members (excludes halogenated alkanes) is 1. The predicted molar refractivity (Wildman–Crippen MR) is 74.9 cm³/mol. The Balaban J connectivity index is 2.38. The van der Waals surface area contributed by atoms with Crippen molar-refractivity contribution >= 4 is 11.7 Å². The normalized spacial score (nSPS) is 11.4. The molecule has 106 valence electrons. The first-order valence-electron chi connectivity index (χ1n) is 6.53. The lowest BCUT2D eigenvalue weighted by Crippen LogP contribution is -2.24. The van der Waals surface area contributed by atoms with E-state index in [0.29, 0.717) is 12.1 Å². The Kier molecular flexibility index (Phi) is 5.33. The zero-order valence-corrected chi connectivity index (χ0v) is 11.8. The first kappa shape index (κ1) is 15.5. The number of halogens is 1. The second kappa shape index (κ2) is 6.55. The topological polar surface area (TPSA) is 40.5 Å². The number of carboxylic acids is 1. The summed E-state index contributed by atoms with van der Waals surface area (Å²) in [5, 5.41) is 9.00. The van der Waals surface area contributed by atoms with E-state index in [1.165, 1.54) is 6.07 Å². The molecule has 19 heavy (non-hydrogen) atoms. The fourth-order valence-electron chi connectivity index (χ4n) is 1.90. The average Bonchev–Trinajstić information content (AvgIpc) is 2.34. The van der Waals surface area contributed by atoms with E-state index in [1.807, 2.05) is 18.0 Å². The number of hydrogen-bond acceptors (Lipinski definition) is 2. The van der Waals surface area contributed by atoms with Crippen LogP contribution in [0.4, 0.5) is 10.1 Å². The Morgan fingerprint density at radius 3 is 2.53 bits per heavy atom. The molecule has 0 aliphatic carbocycles. The van der Waals surface area contributed by atoms with Crippen molar-refractivity contribution in [1.82, 2.24) is 0 Å². The first-order valence-corrected chi connectivity index (χ1v) is 6.53. The number of benzene rings is 1. The molecule has 0 aliphatic heterocycles. The molecule has 0 radical (unpaired) electrons. The summed E-state index contributed by atoms with van der Waals surface area (Å²) in [6.07, 6.45) is 2.30. The summed E-state index contributed by atoms with van der Waals surface area (Å²) < 4.78 is 13.5. The third kappa shape index (κ3) is 4.54. The number of para-hydroxylation sites is 1. The van der Waals surface area contributed by atoms with E-state index in [9.17, 15) is 9.18 Å². The maximum atomic E-state index is 13.5. The zero-order valence-electron chi connectivity index (χ0n) is 11.8. The van der Waals surface area contributed by atoms with Gasteiger partial charge in [0.1, 0.15) is 5.82 Å². The van der Waals surface area contributed by atoms with Crippen LogP contribution in [0, 0.1) is 11.2 Å². The second-order valence-corrected chi connectivity index (χ2v) is 5.52. The summed E-state index contributed by atoms with van der Waals surface area (Å²) in [4.78, 5) is 12.8. The number of anilines is 1. The van der Waals surface area contributed by atoms with Crippen molar-refractivity contribution in [1.29, 1.82) is 0 Å². The van der Waals surface area contributed by atoms with E-state index in [1.54, 1.807) is 26.0 Å². The van der Waals surface area contributed by atoms with Crippen molar-refractivity contribution in [2.75, 3.05) is 18.5 Å². The molecular formula is C15H22FNO2. The average molecular weight is 267 g/mol. The van der Waals surface area contributed by atoms with Gasteiger partial charge in [-0.25, -0.2) is 4.39 Å². The Morgan fingerprint density at radius 2 is 1.95 bits per heavy atom. The van der Waals surface area contributed by atoms with E-state index in [-0.39, 0.29) is 5.82 Å². The molecule has 0 saturated heterocycles. The summed E-state index contributed by atoms with van der Waals surface area (Å²) in [5.74, 6) is -0.995. The van der Waals surface area contributed by atoms with Gasteiger partial charge in [-0.1, -0.05) is 18.6 Å². The number of hydrogen-bond donors (Lipinski definition) is 1. The molecule has 1 aromatic rings. The number of aliphatic carboxylic acids is 1. The van der Waals surface area contributed by atoms with E-state index in [4.69, 9.17) is 5.11 Å². The van der Waals surface area contributed by atoms with E-state index < -0.39 is 11.4 Å². The highest BCUT2D eigenvalue weighted by molar-refractivity contribution is 5.73. The summed E-state index contributed by atoms with van der Waals surface area (Å²) in [7, 11) is 1.85. The van der Waals surface area contributed by atoms with Crippen LogP contribution in [0.1, 0.15) is 33.1 Å². The molecule has 0 atom stereocenters. The Bertz CT molecular complexity index is 432. The molecule has 0 bridgehead atoms. The lowest BCUT2D eigenvalue weighted by molar-refractivity contribution is -0.147. The van der Waals surface area contributed by atoms with Crippen molar-refractivity contribution < 1.29 is 14.3 Å². The fourth-order valence-corrected chi connectivity index (χ4v) is 1.90. The highest BCUT2D eigenvalue weighted by atomic mass is 19.1. The van der Waals surface area contributed by atoms with E-state index in [2.05, 4.69) is 0 Å². The number of carbonyl (C=O) groups is 1. The summed E-state index contributed by atoms with van der Waals surface area (Å²) in [6, 6.07) is 6.67. The van der Waals surface area contributed by atoms with Gasteiger partial charge < -0.3 is 10.0 Å². The predicted octanol–water partition coefficient (Wildman–Crippen LogP) is 3.54. The second-order valence-electron chi connectivity index (χ2n) is 5.52. The molecule has 0 fully saturated rings. The molecule has 0 heterocycles. The van der Waals surface area contributed by atoms with Gasteiger partial charge in [0.2, 0.25) is 0 Å². The van der Waals surface area contributed by atoms with Gasteiger partial charge in [0.15, 0.2) is 0 Å². The molecule has 0 saturated carbocycles. The smallest absolute Gasteiger partial charge is 0.309 e. The van der Waals surface area contributed by atoms with Crippen LogP contribution in [0.15, 0.2) is 24.3 Å². The summed E-state index contributed by atoms with van der Waals surface area (Å²) in [6.45, 7) is 4.18. The number of rotatable bonds is 7. The van der Waals surface area contributed by atoms with Crippen molar-refractivity contribution in [3.05, 3.63) is 30.1 Å². The maximum absolute atomic E-state index is 13.5. The van der Waals surface area contributed by atoms with Crippen LogP contribution in [0.25, 0.3) is 0 Å². The summed E-state index contributed by atoms with van der Waals surface area (Å²) >= 11 is 0. The molecule has 1 rings (SSSR count). The molecular weight excluding hydrogens is 245 g/mol. The van der Waals surface area contributed by atoms with Crippen LogP contribution in [0.5, 0.6) is 0 Å². The number of nitrogens with zero attached hydrogens (tertiary/aromatic N) is 1. The first-order chi connectivity index (χ1) is 8.84. The minimum Gasteiger partial charge on any atom is -0.481 e. The number of carboxylic acid groups (broad SMARTS) is 1. The molecule has 0 amide bonds. The fraction of sp³-hybridized carbons (Fsp3) is 0.533. The SMILES string of the molecule is CN(CCCCC(C)(C)C(=O)O)c1ccccc1F. The zero-order chi connectivity index (χ0) is 14.5. The van der Waals surface area contributed by atoms with Crippen molar-refractivity contribution in [2.24, 2.45) is 5.41 Å². The third-order valence-electron chi connectivity index (χ3n) is 3.39. The van der Waals surface area contributed by atoms with Crippen molar-refractivity contribution in [2.45, 2.75) is 33.1 Å². The largest absolute Gasteiger partial charge is 0.481 e. The quantitative estimate of drug-likeness (QED) is 0.768. The third-order valence-corrected chi connectivity index (χ3v) is 3.39. The molecule has 4 heteroatoms. The summed E-state index contributed by atoms with van der Waals surface area (Å²) in [5.41, 5.74) is -0.101. The molecule has 3 nitrogen and oxygen atoms in total. The van der Waals surface area contributed by atoms with Gasteiger partial charge in [-0.05, 0) is 38.8 Å². The highest BCUT2D eigenvalue weighted by Gasteiger charge is 2.26. The van der Waals surface area contributed by atoms with E-state index >= 15 is 0 Å². The minimum absolute atomic E-state index is 0.226. The Labute approximate surface area is 114 Å². The van der Waals surface area contributed by atoms with Crippen LogP contribution in [-0.2, 0) is 4.79 Å². The van der Waals surface area contributed by atoms with Gasteiger partial charge in [-0.2, -0.15) is 0 Å². The van der Waals surface area contributed by atoms with Gasteiger partial charge in [-0.3, -0.25) is 4.79 Å². The molecule has 1 N–H and O–H groups in total. The Morgan fingerprint density at radius 1 is 1.32 bits per heavy atom. The Hall–Kier alpha value is -1.58. The molecule has 1 aromatic carbocycles. The lowest BCUT2D eigenvalue weighted by atomic mass is 9.87. The minimum atomic E-state index is -0.769. The van der Waals surface area contributed by atoms with Crippen molar-refractivity contribution in [3.8, 4) is 0 Å². The molecule has 0 unspecified atom stereocenters. The highest BCUT2D eigenvalue weighted by Crippen LogP contribution is 2.24. The van der Waals surface area contributed by atoms with Crippen LogP contribution in [0.3, 0.4) is 0 Å². The standard InChI is InChI=1S/C15H22FNO2/c1-15(2,14(18)19)10-6-7-11-17(3)13-9-5-4-8-12(13)16/h4-5,8-9H,6-7,10-11H2,1-3H3,(H,18,19). The van der Waals surface area contributed by atoms with Gasteiger partial charge in [0.05, 0.1) is 11.1 Å². The molecule has 0 aromatic heterocycles. The van der Waals surface area contributed by atoms with E-state index in [0.717, 1.165) is 19.4 Å². The molecule has 0 aliphatic rings. The van der Waals surface area contributed by atoms with Gasteiger partial charge in [0.25, 0.3) is 0 Å². The van der Waals surface area contributed by atoms with Crippen LogP contribution in [0.2, 0.25) is 0 Å². The van der Waals surface area contributed by atoms with Crippen LogP contribution < -0.4 is 4.90 Å². The lowest BCUT2D eigenvalue weighted by Gasteiger charge is -2.22. The molecule has 0 spiro atoms. The maximum Gasteiger partial charge on any atom is 0.309 e.